The van der Waals surface area contributed by atoms with E-state index in [0.717, 1.165) is 23.7 Å². The summed E-state index contributed by atoms with van der Waals surface area (Å²) in [4.78, 5) is 25.7. The zero-order chi connectivity index (χ0) is 21.0. The maximum atomic E-state index is 12.9. The van der Waals surface area contributed by atoms with E-state index in [-0.39, 0.29) is 23.9 Å². The van der Waals surface area contributed by atoms with E-state index in [4.69, 9.17) is 0 Å². The highest BCUT2D eigenvalue weighted by Gasteiger charge is 2.43. The molecule has 0 radical (unpaired) electrons. The fraction of sp³-hybridized carbons (Fsp3) is 0.792. The molecule has 4 fully saturated rings. The lowest BCUT2D eigenvalue weighted by atomic mass is 9.84. The van der Waals surface area contributed by atoms with Gasteiger partial charge in [0.05, 0.1) is 0 Å². The van der Waals surface area contributed by atoms with Crippen LogP contribution in [0.15, 0.2) is 6.07 Å². The van der Waals surface area contributed by atoms with E-state index in [1.807, 2.05) is 0 Å². The van der Waals surface area contributed by atoms with Crippen molar-refractivity contribution in [2.45, 2.75) is 77.3 Å². The second kappa shape index (κ2) is 7.69. The van der Waals surface area contributed by atoms with E-state index < -0.39 is 0 Å². The number of carbonyl (C=O) groups excluding carboxylic acids is 2. The molecular weight excluding hydrogens is 376 g/mol. The summed E-state index contributed by atoms with van der Waals surface area (Å²) in [6.07, 6.45) is 10.5. The van der Waals surface area contributed by atoms with Crippen LogP contribution in [-0.4, -0.2) is 33.7 Å². The lowest BCUT2D eigenvalue weighted by molar-refractivity contribution is 0.0899. The van der Waals surface area contributed by atoms with Crippen LogP contribution in [0.4, 0.5) is 0 Å². The summed E-state index contributed by atoms with van der Waals surface area (Å²) in [5.41, 5.74) is 0.799. The maximum absolute atomic E-state index is 12.9. The average molecular weight is 413 g/mol. The van der Waals surface area contributed by atoms with Gasteiger partial charge in [0.15, 0.2) is 5.69 Å². The van der Waals surface area contributed by atoms with Gasteiger partial charge in [-0.15, -0.1) is 0 Å². The predicted molar refractivity (Wildman–Crippen MR) is 115 cm³/mol. The molecule has 1 heterocycles. The molecule has 4 aliphatic rings. The van der Waals surface area contributed by atoms with E-state index >= 15 is 0 Å². The Hall–Kier alpha value is -1.85. The van der Waals surface area contributed by atoms with Crippen LogP contribution in [0.1, 0.15) is 86.2 Å². The molecule has 6 nitrogen and oxygen atoms in total. The quantitative estimate of drug-likeness (QED) is 0.750. The lowest BCUT2D eigenvalue weighted by Gasteiger charge is -2.28. The van der Waals surface area contributed by atoms with Crippen LogP contribution in [0, 0.1) is 35.5 Å². The number of amides is 2. The van der Waals surface area contributed by atoms with Crippen molar-refractivity contribution < 1.29 is 9.59 Å². The summed E-state index contributed by atoms with van der Waals surface area (Å²) in [6.45, 7) is 4.25. The van der Waals surface area contributed by atoms with Gasteiger partial charge in [0.1, 0.15) is 5.69 Å². The van der Waals surface area contributed by atoms with Gasteiger partial charge >= 0.3 is 0 Å². The Morgan fingerprint density at radius 1 is 0.900 bits per heavy atom. The molecule has 0 saturated heterocycles. The molecule has 2 N–H and O–H groups in total. The molecule has 1 aromatic rings. The smallest absolute Gasteiger partial charge is 0.272 e. The Morgan fingerprint density at radius 2 is 1.43 bits per heavy atom. The Morgan fingerprint density at radius 3 is 1.90 bits per heavy atom. The van der Waals surface area contributed by atoms with E-state index in [1.165, 1.54) is 51.4 Å². The number of aryl methyl sites for hydroxylation is 1. The molecular formula is C24H36N4O2. The molecule has 0 spiro atoms. The molecule has 4 saturated carbocycles. The monoisotopic (exact) mass is 412 g/mol. The van der Waals surface area contributed by atoms with E-state index in [2.05, 4.69) is 29.6 Å². The van der Waals surface area contributed by atoms with Crippen LogP contribution < -0.4 is 10.6 Å². The highest BCUT2D eigenvalue weighted by Crippen LogP contribution is 2.50. The molecule has 164 valence electrons. The van der Waals surface area contributed by atoms with Crippen molar-refractivity contribution in [1.29, 1.82) is 0 Å². The maximum Gasteiger partial charge on any atom is 0.272 e. The number of fused-ring (bicyclic) bond motifs is 4. The number of nitrogens with zero attached hydrogens (tertiary/aromatic N) is 2. The molecule has 6 heteroatoms. The van der Waals surface area contributed by atoms with Gasteiger partial charge in [-0.3, -0.25) is 14.3 Å². The van der Waals surface area contributed by atoms with Crippen LogP contribution in [0.25, 0.3) is 0 Å². The Balaban J connectivity index is 1.19. The summed E-state index contributed by atoms with van der Waals surface area (Å²) in [6, 6.07) is 1.97. The summed E-state index contributed by atoms with van der Waals surface area (Å²) in [7, 11) is 1.74. The average Bonchev–Trinajstić information content (AvgIpc) is 3.53. The van der Waals surface area contributed by atoms with Crippen LogP contribution >= 0.6 is 0 Å². The fourth-order valence-electron chi connectivity index (χ4n) is 7.38. The lowest BCUT2D eigenvalue weighted by Crippen LogP contribution is -2.40. The first kappa shape index (κ1) is 20.1. The van der Waals surface area contributed by atoms with Crippen LogP contribution in [-0.2, 0) is 7.05 Å². The second-order valence-electron chi connectivity index (χ2n) is 10.7. The number of rotatable bonds is 6. The van der Waals surface area contributed by atoms with Crippen molar-refractivity contribution in [3.63, 3.8) is 0 Å². The first-order chi connectivity index (χ1) is 14.4. The van der Waals surface area contributed by atoms with Gasteiger partial charge in [-0.05, 0) is 87.9 Å². The van der Waals surface area contributed by atoms with Gasteiger partial charge in [0.25, 0.3) is 11.8 Å². The largest absolute Gasteiger partial charge is 0.348 e. The van der Waals surface area contributed by atoms with Crippen molar-refractivity contribution in [1.82, 2.24) is 20.4 Å². The predicted octanol–water partition coefficient (Wildman–Crippen LogP) is 3.53. The number of aromatic nitrogens is 2. The molecule has 8 atom stereocenters. The van der Waals surface area contributed by atoms with Gasteiger partial charge in [-0.2, -0.15) is 5.10 Å². The minimum Gasteiger partial charge on any atom is -0.348 e. The third kappa shape index (κ3) is 3.56. The number of hydrogen-bond acceptors (Lipinski definition) is 3. The molecule has 0 aliphatic heterocycles. The Bertz CT molecular complexity index is 833. The summed E-state index contributed by atoms with van der Waals surface area (Å²) in [5, 5.41) is 10.7. The van der Waals surface area contributed by atoms with Gasteiger partial charge in [0, 0.05) is 25.2 Å². The third-order valence-electron chi connectivity index (χ3n) is 8.93. The molecule has 0 aromatic carbocycles. The highest BCUT2D eigenvalue weighted by molar-refractivity contribution is 5.98. The minimum absolute atomic E-state index is 0.125. The molecule has 30 heavy (non-hydrogen) atoms. The van der Waals surface area contributed by atoms with Gasteiger partial charge < -0.3 is 10.6 Å². The standard InChI is InChI=1S/C24H36N4O2/c1-13(19-10-15-4-6-17(19)8-15)25-23(29)21-12-22(28(3)27-21)24(30)26-14(2)20-11-16-5-7-18(20)9-16/h12-20H,4-11H2,1-3H3,(H,25,29)(H,26,30)/t13-,14+,15-,16-,17-,18-,19+,20+/m1/s1. The molecule has 0 unspecified atom stereocenters. The van der Waals surface area contributed by atoms with E-state index in [9.17, 15) is 9.59 Å². The zero-order valence-electron chi connectivity index (χ0n) is 18.6. The second-order valence-corrected chi connectivity index (χ2v) is 10.7. The van der Waals surface area contributed by atoms with Crippen molar-refractivity contribution in [3.8, 4) is 0 Å². The van der Waals surface area contributed by atoms with Crippen LogP contribution in [0.3, 0.4) is 0 Å². The molecule has 2 amide bonds. The van der Waals surface area contributed by atoms with Crippen LogP contribution in [0.5, 0.6) is 0 Å². The van der Waals surface area contributed by atoms with Crippen molar-refractivity contribution in [2.24, 2.45) is 42.6 Å². The minimum atomic E-state index is -0.166. The topological polar surface area (TPSA) is 76.0 Å². The Kier molecular flexibility index (Phi) is 5.14. The van der Waals surface area contributed by atoms with Gasteiger partial charge in [-0.25, -0.2) is 0 Å². The number of nitrogens with one attached hydrogen (secondary N) is 2. The SMILES string of the molecule is C[C@H](NC(=O)c1cc(C(=O)N[C@H](C)[C@@H]2C[C@@H]3CC[C@@H]2C3)nn1C)[C@@H]1C[C@@H]2CC[C@@H]1C2. The number of carbonyl (C=O) groups is 2. The van der Waals surface area contributed by atoms with Gasteiger partial charge in [0.2, 0.25) is 0 Å². The van der Waals surface area contributed by atoms with Crippen LogP contribution in [0.2, 0.25) is 0 Å². The van der Waals surface area contributed by atoms with Crippen molar-refractivity contribution in [3.05, 3.63) is 17.5 Å². The van der Waals surface area contributed by atoms with Crippen molar-refractivity contribution in [2.75, 3.05) is 0 Å². The van der Waals surface area contributed by atoms with Gasteiger partial charge in [-0.1, -0.05) is 12.8 Å². The normalized spacial score (nSPS) is 36.1. The van der Waals surface area contributed by atoms with E-state index in [1.54, 1.807) is 17.8 Å². The molecule has 1 aromatic heterocycles. The highest BCUT2D eigenvalue weighted by atomic mass is 16.2. The first-order valence-electron chi connectivity index (χ1n) is 12.0. The molecule has 5 rings (SSSR count). The molecule has 4 aliphatic carbocycles. The molecule has 4 bridgehead atoms. The zero-order valence-corrected chi connectivity index (χ0v) is 18.6. The first-order valence-corrected chi connectivity index (χ1v) is 12.0. The van der Waals surface area contributed by atoms with E-state index in [0.29, 0.717) is 23.2 Å². The third-order valence-corrected chi connectivity index (χ3v) is 8.93. The summed E-state index contributed by atoms with van der Waals surface area (Å²) >= 11 is 0. The number of hydrogen-bond donors (Lipinski definition) is 2. The summed E-state index contributed by atoms with van der Waals surface area (Å²) < 4.78 is 1.54. The Labute approximate surface area is 179 Å². The van der Waals surface area contributed by atoms with Crippen molar-refractivity contribution >= 4 is 11.8 Å². The fourth-order valence-corrected chi connectivity index (χ4v) is 7.38. The summed E-state index contributed by atoms with van der Waals surface area (Å²) in [5.74, 6) is 4.15.